The van der Waals surface area contributed by atoms with Crippen molar-refractivity contribution >= 4 is 17.3 Å². The van der Waals surface area contributed by atoms with Crippen molar-refractivity contribution in [3.63, 3.8) is 0 Å². The zero-order chi connectivity index (χ0) is 20.1. The van der Waals surface area contributed by atoms with Gasteiger partial charge in [0.2, 0.25) is 0 Å². The molecule has 2 aromatic carbocycles. The lowest BCUT2D eigenvalue weighted by atomic mass is 9.90. The van der Waals surface area contributed by atoms with Crippen LogP contribution in [0.5, 0.6) is 0 Å². The number of nitrogens with zero attached hydrogens (tertiary/aromatic N) is 2. The average molecular weight is 382 g/mol. The first-order valence-corrected chi connectivity index (χ1v) is 9.80. The number of hydrogen-bond acceptors (Lipinski definition) is 3. The van der Waals surface area contributed by atoms with Gasteiger partial charge in [-0.25, -0.2) is 0 Å². The Morgan fingerprint density at radius 2 is 1.75 bits per heavy atom. The molecule has 1 saturated heterocycles. The molecule has 6 heteroatoms. The van der Waals surface area contributed by atoms with E-state index in [1.165, 1.54) is 50.0 Å². The Labute approximate surface area is 165 Å². The molecule has 0 atom stereocenters. The summed E-state index contributed by atoms with van der Waals surface area (Å²) in [6.45, 7) is 2.50. The van der Waals surface area contributed by atoms with Crippen molar-refractivity contribution in [1.29, 1.82) is 0 Å². The Morgan fingerprint density at radius 3 is 2.39 bits per heavy atom. The van der Waals surface area contributed by atoms with E-state index in [1.54, 1.807) is 12.1 Å². The largest absolute Gasteiger partial charge is 0.328 e. The molecule has 0 spiro atoms. The van der Waals surface area contributed by atoms with Gasteiger partial charge < -0.3 is 9.80 Å². The summed E-state index contributed by atoms with van der Waals surface area (Å²) in [5.74, 6) is 0.326. The highest BCUT2D eigenvalue weighted by molar-refractivity contribution is 6.07. The molecule has 6 nitrogen and oxygen atoms in total. The molecule has 1 heterocycles. The molecule has 0 aromatic heterocycles. The molecule has 1 amide bonds. The summed E-state index contributed by atoms with van der Waals surface area (Å²) >= 11 is 0. The number of anilines is 1. The molecule has 1 N–H and O–H groups in total. The molecule has 1 aliphatic rings. The van der Waals surface area contributed by atoms with E-state index in [1.807, 2.05) is 24.3 Å². The van der Waals surface area contributed by atoms with E-state index in [0.29, 0.717) is 5.69 Å². The minimum atomic E-state index is -0.538. The Balaban J connectivity index is 1.55. The van der Waals surface area contributed by atoms with E-state index < -0.39 is 10.8 Å². The summed E-state index contributed by atoms with van der Waals surface area (Å²) < 4.78 is 1.13. The lowest BCUT2D eigenvalue weighted by Gasteiger charge is -2.37. The van der Waals surface area contributed by atoms with Crippen LogP contribution >= 0.6 is 0 Å². The van der Waals surface area contributed by atoms with E-state index >= 15 is 0 Å². The van der Waals surface area contributed by atoms with Crippen molar-refractivity contribution < 1.29 is 14.2 Å². The average Bonchev–Trinajstić information content (AvgIpc) is 2.68. The molecular formula is C22H28N3O3+. The smallest absolute Gasteiger partial charge is 0.282 e. The number of piperidine rings is 1. The summed E-state index contributed by atoms with van der Waals surface area (Å²) in [5, 5.41) is 13.8. The van der Waals surface area contributed by atoms with Gasteiger partial charge in [-0.2, -0.15) is 0 Å². The van der Waals surface area contributed by atoms with Crippen LogP contribution in [0.1, 0.15) is 35.2 Å². The van der Waals surface area contributed by atoms with Crippen molar-refractivity contribution in [2.24, 2.45) is 5.92 Å². The van der Waals surface area contributed by atoms with Gasteiger partial charge in [-0.05, 0) is 55.4 Å². The lowest BCUT2D eigenvalue weighted by molar-refractivity contribution is -0.896. The van der Waals surface area contributed by atoms with Crippen LogP contribution < -0.4 is 5.32 Å². The molecule has 0 radical (unpaired) electrons. The van der Waals surface area contributed by atoms with Crippen LogP contribution in [0, 0.1) is 16.0 Å². The Bertz CT molecular complexity index is 836. The number of para-hydroxylation sites is 1. The van der Waals surface area contributed by atoms with Gasteiger partial charge in [0.25, 0.3) is 11.6 Å². The summed E-state index contributed by atoms with van der Waals surface area (Å²) in [6, 6.07) is 13.8. The number of hydrogen-bond donors (Lipinski definition) is 1. The Morgan fingerprint density at radius 1 is 1.11 bits per heavy atom. The van der Waals surface area contributed by atoms with E-state index in [2.05, 4.69) is 19.4 Å². The number of benzene rings is 2. The first kappa shape index (κ1) is 20.0. The molecular weight excluding hydrogens is 354 g/mol. The van der Waals surface area contributed by atoms with E-state index in [4.69, 9.17) is 0 Å². The molecule has 28 heavy (non-hydrogen) atoms. The van der Waals surface area contributed by atoms with Crippen LogP contribution in [-0.4, -0.2) is 42.5 Å². The van der Waals surface area contributed by atoms with Crippen LogP contribution in [0.3, 0.4) is 0 Å². The first-order valence-electron chi connectivity index (χ1n) is 9.80. The quantitative estimate of drug-likeness (QED) is 0.461. The maximum Gasteiger partial charge on any atom is 0.282 e. The number of nitrogens with one attached hydrogen (secondary N) is 1. The van der Waals surface area contributed by atoms with Gasteiger partial charge in [0.1, 0.15) is 5.56 Å². The number of quaternary nitrogens is 1. The van der Waals surface area contributed by atoms with Crippen molar-refractivity contribution in [1.82, 2.24) is 0 Å². The van der Waals surface area contributed by atoms with Crippen LogP contribution in [0.4, 0.5) is 11.4 Å². The van der Waals surface area contributed by atoms with Crippen LogP contribution in [0.2, 0.25) is 0 Å². The highest BCUT2D eigenvalue weighted by Crippen LogP contribution is 2.25. The van der Waals surface area contributed by atoms with E-state index in [-0.39, 0.29) is 11.3 Å². The number of aryl methyl sites for hydroxylation is 1. The number of nitro groups is 1. The predicted molar refractivity (Wildman–Crippen MR) is 110 cm³/mol. The molecule has 0 bridgehead atoms. The second-order valence-corrected chi connectivity index (χ2v) is 8.29. The molecule has 0 saturated carbocycles. The van der Waals surface area contributed by atoms with Crippen LogP contribution in [0.25, 0.3) is 0 Å². The number of nitro benzene ring substituents is 1. The normalized spacial score (nSPS) is 16.5. The zero-order valence-electron chi connectivity index (χ0n) is 16.6. The number of carbonyl (C=O) groups excluding carboxylic acids is 1. The fraction of sp³-hybridized carbons (Fsp3) is 0.409. The number of amides is 1. The second kappa shape index (κ2) is 8.52. The number of carbonyl (C=O) groups is 1. The Kier molecular flexibility index (Phi) is 6.09. The number of rotatable bonds is 6. The highest BCUT2D eigenvalue weighted by Gasteiger charge is 2.25. The molecule has 1 aliphatic heterocycles. The van der Waals surface area contributed by atoms with Crippen molar-refractivity contribution in [3.05, 3.63) is 69.8 Å². The molecule has 0 unspecified atom stereocenters. The second-order valence-electron chi connectivity index (χ2n) is 8.29. The molecule has 0 aliphatic carbocycles. The molecule has 148 valence electrons. The lowest BCUT2D eigenvalue weighted by Crippen LogP contribution is -2.46. The fourth-order valence-electron chi connectivity index (χ4n) is 3.76. The van der Waals surface area contributed by atoms with Gasteiger partial charge in [0.05, 0.1) is 32.1 Å². The minimum absolute atomic E-state index is 0.0650. The molecule has 1 fully saturated rings. The van der Waals surface area contributed by atoms with Crippen LogP contribution in [0.15, 0.2) is 48.5 Å². The third-order valence-electron chi connectivity index (χ3n) is 5.68. The summed E-state index contributed by atoms with van der Waals surface area (Å²) in [6.07, 6.45) is 4.81. The van der Waals surface area contributed by atoms with Gasteiger partial charge in [-0.1, -0.05) is 24.3 Å². The monoisotopic (exact) mass is 382 g/mol. The fourth-order valence-corrected chi connectivity index (χ4v) is 3.76. The molecule has 2 aromatic rings. The maximum absolute atomic E-state index is 12.4. The van der Waals surface area contributed by atoms with Crippen molar-refractivity contribution in [2.75, 3.05) is 32.5 Å². The zero-order valence-corrected chi connectivity index (χ0v) is 16.6. The highest BCUT2D eigenvalue weighted by atomic mass is 16.6. The van der Waals surface area contributed by atoms with Crippen molar-refractivity contribution in [2.45, 2.75) is 25.7 Å². The summed E-state index contributed by atoms with van der Waals surface area (Å²) in [5.41, 5.74) is 1.77. The van der Waals surface area contributed by atoms with Gasteiger partial charge >= 0.3 is 0 Å². The Hall–Kier alpha value is -2.73. The van der Waals surface area contributed by atoms with E-state index in [9.17, 15) is 14.9 Å². The first-order chi connectivity index (χ1) is 13.3. The van der Waals surface area contributed by atoms with Crippen LogP contribution in [-0.2, 0) is 6.42 Å². The summed E-state index contributed by atoms with van der Waals surface area (Å²) in [4.78, 5) is 22.9. The van der Waals surface area contributed by atoms with Gasteiger partial charge in [0.15, 0.2) is 0 Å². The predicted octanol–water partition coefficient (Wildman–Crippen LogP) is 4.27. The third kappa shape index (κ3) is 5.16. The maximum atomic E-state index is 12.4. The third-order valence-corrected chi connectivity index (χ3v) is 5.68. The number of likely N-dealkylation sites (tertiary alicyclic amines) is 1. The molecule has 3 rings (SSSR count). The standard InChI is InChI=1S/C22H27N3O3/c1-25(2)15-13-18(14-16-25)8-7-17-9-11-19(12-10-17)23-22(26)20-5-3-4-6-21(20)24(27)28/h3-6,9-12,18H,7-8,13-16H2,1-2H3/p+1. The van der Waals surface area contributed by atoms with Crippen molar-refractivity contribution in [3.8, 4) is 0 Å². The summed E-state index contributed by atoms with van der Waals surface area (Å²) in [7, 11) is 4.60. The topological polar surface area (TPSA) is 72.2 Å². The van der Waals surface area contributed by atoms with Gasteiger partial charge in [-0.15, -0.1) is 0 Å². The van der Waals surface area contributed by atoms with Gasteiger partial charge in [0, 0.05) is 11.8 Å². The van der Waals surface area contributed by atoms with E-state index in [0.717, 1.165) is 16.8 Å². The SMILES string of the molecule is C[N+]1(C)CCC(CCc2ccc(NC(=O)c3ccccc3[N+](=O)[O-])cc2)CC1. The van der Waals surface area contributed by atoms with Gasteiger partial charge in [-0.3, -0.25) is 14.9 Å². The minimum Gasteiger partial charge on any atom is -0.328 e.